The van der Waals surface area contributed by atoms with Gasteiger partial charge in [0.25, 0.3) is 0 Å². The highest BCUT2D eigenvalue weighted by Gasteiger charge is 2.02. The molecule has 0 saturated heterocycles. The van der Waals surface area contributed by atoms with E-state index in [1.54, 1.807) is 6.07 Å². The molecule has 0 atom stereocenters. The third-order valence-electron chi connectivity index (χ3n) is 3.30. The Morgan fingerprint density at radius 3 is 2.20 bits per heavy atom. The molecule has 3 aromatic rings. The molecule has 3 N–H and O–H groups in total. The second-order valence-corrected chi connectivity index (χ2v) is 5.18. The van der Waals surface area contributed by atoms with E-state index in [1.165, 1.54) is 12.4 Å². The summed E-state index contributed by atoms with van der Waals surface area (Å²) in [4.78, 5) is 19.8. The molecule has 1 amide bonds. The van der Waals surface area contributed by atoms with Crippen LogP contribution in [0.4, 0.5) is 28.7 Å². The van der Waals surface area contributed by atoms with Gasteiger partial charge in [-0.25, -0.2) is 9.97 Å². The van der Waals surface area contributed by atoms with E-state index in [2.05, 4.69) is 32.5 Å². The predicted molar refractivity (Wildman–Crippen MR) is 100 cm³/mol. The molecular formula is C19H17N5O. The number of rotatable bonds is 6. The monoisotopic (exact) mass is 331 g/mol. The molecule has 0 spiro atoms. The molecular weight excluding hydrogens is 314 g/mol. The van der Waals surface area contributed by atoms with E-state index in [0.717, 1.165) is 11.4 Å². The largest absolute Gasteiger partial charge is 0.340 e. The third kappa shape index (κ3) is 4.65. The van der Waals surface area contributed by atoms with Crippen molar-refractivity contribution in [2.24, 2.45) is 0 Å². The van der Waals surface area contributed by atoms with E-state index >= 15 is 0 Å². The molecule has 1 heterocycles. The van der Waals surface area contributed by atoms with Crippen LogP contribution in [0.1, 0.15) is 0 Å². The van der Waals surface area contributed by atoms with Gasteiger partial charge in [-0.05, 0) is 36.4 Å². The number of carbonyl (C=O) groups is 1. The first-order valence-electron chi connectivity index (χ1n) is 7.67. The Bertz CT molecular complexity index is 880. The number of nitrogens with zero attached hydrogens (tertiary/aromatic N) is 2. The molecule has 25 heavy (non-hydrogen) atoms. The quantitative estimate of drug-likeness (QED) is 0.593. The van der Waals surface area contributed by atoms with Gasteiger partial charge in [-0.1, -0.05) is 30.8 Å². The number of anilines is 5. The SMILES string of the molecule is C=CC(=O)Nc1cccc(Nc2cc(Nc3ccccc3)ncn2)c1. The maximum atomic E-state index is 11.4. The van der Waals surface area contributed by atoms with Crippen LogP contribution in [-0.2, 0) is 4.79 Å². The Morgan fingerprint density at radius 2 is 1.48 bits per heavy atom. The number of amides is 1. The van der Waals surface area contributed by atoms with E-state index < -0.39 is 0 Å². The molecule has 0 fully saturated rings. The highest BCUT2D eigenvalue weighted by Crippen LogP contribution is 2.21. The molecule has 6 heteroatoms. The van der Waals surface area contributed by atoms with Crippen molar-refractivity contribution in [3.05, 3.63) is 79.6 Å². The molecule has 0 radical (unpaired) electrons. The van der Waals surface area contributed by atoms with Gasteiger partial charge < -0.3 is 16.0 Å². The van der Waals surface area contributed by atoms with E-state index in [9.17, 15) is 4.79 Å². The average molecular weight is 331 g/mol. The first-order valence-corrected chi connectivity index (χ1v) is 7.67. The molecule has 2 aromatic carbocycles. The van der Waals surface area contributed by atoms with Crippen LogP contribution >= 0.6 is 0 Å². The summed E-state index contributed by atoms with van der Waals surface area (Å²) in [5.74, 6) is 1.06. The number of aromatic nitrogens is 2. The molecule has 0 aliphatic rings. The third-order valence-corrected chi connectivity index (χ3v) is 3.30. The molecule has 0 aliphatic carbocycles. The first kappa shape index (κ1) is 16.2. The minimum atomic E-state index is -0.256. The second-order valence-electron chi connectivity index (χ2n) is 5.18. The molecule has 6 nitrogen and oxygen atoms in total. The Hall–Kier alpha value is -3.67. The average Bonchev–Trinajstić information content (AvgIpc) is 2.63. The van der Waals surface area contributed by atoms with Gasteiger partial charge >= 0.3 is 0 Å². The molecule has 124 valence electrons. The van der Waals surface area contributed by atoms with Gasteiger partial charge in [0.15, 0.2) is 0 Å². The number of para-hydroxylation sites is 1. The minimum absolute atomic E-state index is 0.256. The van der Waals surface area contributed by atoms with E-state index in [4.69, 9.17) is 0 Å². The summed E-state index contributed by atoms with van der Waals surface area (Å²) in [5.41, 5.74) is 2.42. The lowest BCUT2D eigenvalue weighted by Gasteiger charge is -2.10. The van der Waals surface area contributed by atoms with Crippen LogP contribution in [0.3, 0.4) is 0 Å². The van der Waals surface area contributed by atoms with Gasteiger partial charge in [-0.3, -0.25) is 4.79 Å². The van der Waals surface area contributed by atoms with Crippen LogP contribution in [0.25, 0.3) is 0 Å². The summed E-state index contributed by atoms with van der Waals surface area (Å²) in [6.07, 6.45) is 2.71. The fraction of sp³-hybridized carbons (Fsp3) is 0. The maximum Gasteiger partial charge on any atom is 0.247 e. The van der Waals surface area contributed by atoms with Gasteiger partial charge in [-0.2, -0.15) is 0 Å². The summed E-state index contributed by atoms with van der Waals surface area (Å²) in [7, 11) is 0. The molecule has 1 aromatic heterocycles. The minimum Gasteiger partial charge on any atom is -0.340 e. The number of carbonyl (C=O) groups excluding carboxylic acids is 1. The lowest BCUT2D eigenvalue weighted by Crippen LogP contribution is -2.07. The lowest BCUT2D eigenvalue weighted by atomic mass is 10.2. The van der Waals surface area contributed by atoms with Crippen molar-refractivity contribution in [2.45, 2.75) is 0 Å². The molecule has 3 rings (SSSR count). The highest BCUT2D eigenvalue weighted by molar-refractivity contribution is 5.99. The smallest absolute Gasteiger partial charge is 0.247 e. The second kappa shape index (κ2) is 7.74. The van der Waals surface area contributed by atoms with E-state index in [0.29, 0.717) is 17.3 Å². The van der Waals surface area contributed by atoms with Crippen molar-refractivity contribution in [2.75, 3.05) is 16.0 Å². The number of hydrogen-bond donors (Lipinski definition) is 3. The van der Waals surface area contributed by atoms with E-state index in [-0.39, 0.29) is 5.91 Å². The molecule has 0 saturated carbocycles. The fourth-order valence-electron chi connectivity index (χ4n) is 2.18. The van der Waals surface area contributed by atoms with Gasteiger partial charge in [0.05, 0.1) is 0 Å². The Balaban J connectivity index is 1.73. The molecule has 0 bridgehead atoms. The van der Waals surface area contributed by atoms with Crippen LogP contribution in [-0.4, -0.2) is 15.9 Å². The summed E-state index contributed by atoms with van der Waals surface area (Å²) in [6, 6.07) is 18.9. The van der Waals surface area contributed by atoms with Crippen molar-refractivity contribution in [1.82, 2.24) is 9.97 Å². The molecule has 0 aliphatic heterocycles. The zero-order valence-electron chi connectivity index (χ0n) is 13.4. The topological polar surface area (TPSA) is 78.9 Å². The Kier molecular flexibility index (Phi) is 5.01. The van der Waals surface area contributed by atoms with Crippen LogP contribution in [0.2, 0.25) is 0 Å². The van der Waals surface area contributed by atoms with Crippen molar-refractivity contribution in [3.8, 4) is 0 Å². The summed E-state index contributed by atoms with van der Waals surface area (Å²) in [5, 5.41) is 9.13. The number of benzene rings is 2. The van der Waals surface area contributed by atoms with Gasteiger partial charge in [-0.15, -0.1) is 0 Å². The number of nitrogens with one attached hydrogen (secondary N) is 3. The zero-order chi connectivity index (χ0) is 17.5. The van der Waals surface area contributed by atoms with Crippen LogP contribution in [0.5, 0.6) is 0 Å². The highest BCUT2D eigenvalue weighted by atomic mass is 16.1. The maximum absolute atomic E-state index is 11.4. The standard InChI is InChI=1S/C19H17N5O/c1-2-19(25)24-16-10-6-9-15(11-16)23-18-12-17(20-13-21-18)22-14-7-4-3-5-8-14/h2-13H,1H2,(H,24,25)(H2,20,21,22,23). The lowest BCUT2D eigenvalue weighted by molar-refractivity contribution is -0.111. The normalized spacial score (nSPS) is 9.92. The Labute approximate surface area is 145 Å². The summed E-state index contributed by atoms with van der Waals surface area (Å²) >= 11 is 0. The summed E-state index contributed by atoms with van der Waals surface area (Å²) < 4.78 is 0. The van der Waals surface area contributed by atoms with Crippen molar-refractivity contribution >= 4 is 34.6 Å². The van der Waals surface area contributed by atoms with Crippen LogP contribution < -0.4 is 16.0 Å². The van der Waals surface area contributed by atoms with Crippen LogP contribution in [0, 0.1) is 0 Å². The fourth-order valence-corrected chi connectivity index (χ4v) is 2.18. The van der Waals surface area contributed by atoms with Gasteiger partial charge in [0.2, 0.25) is 5.91 Å². The Morgan fingerprint density at radius 1 is 0.840 bits per heavy atom. The van der Waals surface area contributed by atoms with Gasteiger partial charge in [0, 0.05) is 23.1 Å². The zero-order valence-corrected chi connectivity index (χ0v) is 13.4. The van der Waals surface area contributed by atoms with Crippen molar-refractivity contribution < 1.29 is 4.79 Å². The number of hydrogen-bond acceptors (Lipinski definition) is 5. The molecule has 0 unspecified atom stereocenters. The summed E-state index contributed by atoms with van der Waals surface area (Å²) in [6.45, 7) is 3.44. The van der Waals surface area contributed by atoms with Crippen LogP contribution in [0.15, 0.2) is 79.6 Å². The van der Waals surface area contributed by atoms with Crippen molar-refractivity contribution in [1.29, 1.82) is 0 Å². The predicted octanol–water partition coefficient (Wildman–Crippen LogP) is 4.09. The van der Waals surface area contributed by atoms with Gasteiger partial charge in [0.1, 0.15) is 18.0 Å². The van der Waals surface area contributed by atoms with Crippen molar-refractivity contribution in [3.63, 3.8) is 0 Å². The van der Waals surface area contributed by atoms with E-state index in [1.807, 2.05) is 54.6 Å². The first-order chi connectivity index (χ1) is 12.2.